The minimum atomic E-state index is -4.87. The zero-order valence-corrected chi connectivity index (χ0v) is 18.5. The maximum atomic E-state index is 12.8. The maximum Gasteiger partial charge on any atom is 0.573 e. The molecule has 1 aromatic carbocycles. The molecule has 0 aliphatic carbocycles. The highest BCUT2D eigenvalue weighted by Gasteiger charge is 2.33. The van der Waals surface area contributed by atoms with Gasteiger partial charge in [-0.15, -0.1) is 18.3 Å². The van der Waals surface area contributed by atoms with Gasteiger partial charge < -0.3 is 25.5 Å². The molecular weight excluding hydrogens is 471 g/mol. The molecular formula is C21H20F3N7O4. The highest BCUT2D eigenvalue weighted by molar-refractivity contribution is 6.35. The van der Waals surface area contributed by atoms with Crippen LogP contribution in [0.25, 0.3) is 11.6 Å². The molecule has 0 bridgehead atoms. The van der Waals surface area contributed by atoms with Gasteiger partial charge in [-0.25, -0.2) is 4.68 Å². The molecule has 0 saturated carbocycles. The van der Waals surface area contributed by atoms with Crippen molar-refractivity contribution in [1.29, 1.82) is 0 Å². The number of fused-ring (bicyclic) bond motifs is 1. The van der Waals surface area contributed by atoms with Crippen molar-refractivity contribution in [3.05, 3.63) is 52.6 Å². The normalized spacial score (nSPS) is 15.1. The fraction of sp³-hybridized carbons (Fsp3) is 0.286. The monoisotopic (exact) mass is 491 g/mol. The Morgan fingerprint density at radius 2 is 2.11 bits per heavy atom. The van der Waals surface area contributed by atoms with Gasteiger partial charge in [-0.1, -0.05) is 0 Å². The quantitative estimate of drug-likeness (QED) is 0.369. The van der Waals surface area contributed by atoms with E-state index in [1.54, 1.807) is 13.8 Å². The van der Waals surface area contributed by atoms with Crippen molar-refractivity contribution in [2.45, 2.75) is 32.9 Å². The summed E-state index contributed by atoms with van der Waals surface area (Å²) in [5, 5.41) is 25.9. The second-order valence-corrected chi connectivity index (χ2v) is 7.83. The summed E-state index contributed by atoms with van der Waals surface area (Å²) in [6.45, 7) is 3.36. The molecule has 3 heterocycles. The number of amides is 2. The van der Waals surface area contributed by atoms with Gasteiger partial charge in [-0.2, -0.15) is 0 Å². The first kappa shape index (κ1) is 23.9. The third kappa shape index (κ3) is 5.32. The summed E-state index contributed by atoms with van der Waals surface area (Å²) in [4.78, 5) is 28.3. The van der Waals surface area contributed by atoms with Crippen molar-refractivity contribution in [2.75, 3.05) is 11.9 Å². The van der Waals surface area contributed by atoms with Crippen molar-refractivity contribution in [3.8, 4) is 5.75 Å². The van der Waals surface area contributed by atoms with Crippen LogP contribution in [0, 0.1) is 13.8 Å². The van der Waals surface area contributed by atoms with Crippen LogP contribution in [0.1, 0.15) is 32.9 Å². The molecule has 1 aliphatic rings. The molecule has 0 saturated heterocycles. The highest BCUT2D eigenvalue weighted by atomic mass is 19.4. The predicted molar refractivity (Wildman–Crippen MR) is 116 cm³/mol. The zero-order valence-electron chi connectivity index (χ0n) is 18.5. The summed E-state index contributed by atoms with van der Waals surface area (Å²) in [6, 6.07) is 3.55. The molecule has 1 atom stereocenters. The van der Waals surface area contributed by atoms with Gasteiger partial charge in [0.25, 0.3) is 11.8 Å². The van der Waals surface area contributed by atoms with Gasteiger partial charge in [0.2, 0.25) is 0 Å². The number of aliphatic hydroxyl groups is 1. The summed E-state index contributed by atoms with van der Waals surface area (Å²) in [5.41, 5.74) is 2.47. The maximum absolute atomic E-state index is 12.8. The number of nitrogens with zero attached hydrogens (tertiary/aromatic N) is 4. The first-order valence-corrected chi connectivity index (χ1v) is 10.3. The Kier molecular flexibility index (Phi) is 6.30. The van der Waals surface area contributed by atoms with E-state index >= 15 is 0 Å². The third-order valence-corrected chi connectivity index (χ3v) is 5.29. The van der Waals surface area contributed by atoms with Crippen LogP contribution < -0.4 is 15.4 Å². The lowest BCUT2D eigenvalue weighted by Gasteiger charge is -2.11. The minimum Gasteiger partial charge on any atom is -0.406 e. The molecule has 0 radical (unpaired) electrons. The number of aryl methyl sites for hydroxylation is 1. The number of tetrazole rings is 1. The molecule has 1 unspecified atom stereocenters. The van der Waals surface area contributed by atoms with Crippen molar-refractivity contribution in [3.63, 3.8) is 0 Å². The topological polar surface area (TPSA) is 147 Å². The predicted octanol–water partition coefficient (Wildman–Crippen LogP) is 1.80. The molecule has 3 aromatic rings. The average molecular weight is 491 g/mol. The summed E-state index contributed by atoms with van der Waals surface area (Å²) < 4.78 is 43.1. The zero-order chi connectivity index (χ0) is 25.3. The molecule has 2 amide bonds. The molecule has 1 aliphatic heterocycles. The van der Waals surface area contributed by atoms with E-state index in [2.05, 4.69) is 35.9 Å². The van der Waals surface area contributed by atoms with E-state index in [0.717, 1.165) is 12.1 Å². The molecule has 35 heavy (non-hydrogen) atoms. The number of rotatable bonds is 7. The van der Waals surface area contributed by atoms with Crippen LogP contribution in [0.4, 0.5) is 18.9 Å². The van der Waals surface area contributed by atoms with Gasteiger partial charge in [0, 0.05) is 29.2 Å². The molecule has 11 nitrogen and oxygen atoms in total. The number of benzene rings is 1. The smallest absolute Gasteiger partial charge is 0.406 e. The van der Waals surface area contributed by atoms with E-state index < -0.39 is 30.0 Å². The molecule has 4 rings (SSSR count). The van der Waals surface area contributed by atoms with Crippen LogP contribution in [-0.2, 0) is 11.3 Å². The van der Waals surface area contributed by atoms with Crippen molar-refractivity contribution in [1.82, 2.24) is 30.5 Å². The molecule has 14 heteroatoms. The number of aromatic nitrogens is 5. The number of aromatic amines is 1. The lowest BCUT2D eigenvalue weighted by atomic mass is 10.0. The molecule has 2 aromatic heterocycles. The van der Waals surface area contributed by atoms with Crippen molar-refractivity contribution < 1.29 is 32.6 Å². The van der Waals surface area contributed by atoms with Crippen LogP contribution in [0.2, 0.25) is 0 Å². The summed E-state index contributed by atoms with van der Waals surface area (Å²) in [5.74, 6) is -1.42. The number of hydrogen-bond donors (Lipinski definition) is 4. The first-order chi connectivity index (χ1) is 16.5. The van der Waals surface area contributed by atoms with Crippen LogP contribution in [-0.4, -0.2) is 61.1 Å². The Morgan fingerprint density at radius 1 is 1.34 bits per heavy atom. The van der Waals surface area contributed by atoms with Crippen molar-refractivity contribution >= 4 is 29.2 Å². The largest absolute Gasteiger partial charge is 0.573 e. The molecule has 184 valence electrons. The van der Waals surface area contributed by atoms with Crippen LogP contribution in [0.15, 0.2) is 24.5 Å². The first-order valence-electron chi connectivity index (χ1n) is 10.3. The van der Waals surface area contributed by atoms with Crippen molar-refractivity contribution in [2.24, 2.45) is 0 Å². The SMILES string of the molecule is Cc1[nH]c(C=C2C(=O)Nc3ccc(OC(F)(F)F)cc32)c(C)c1C(=O)NCC(O)Cn1cnnn1. The lowest BCUT2D eigenvalue weighted by Crippen LogP contribution is -2.35. The third-order valence-electron chi connectivity index (χ3n) is 5.29. The van der Waals surface area contributed by atoms with Gasteiger partial charge in [-0.05, 0) is 54.1 Å². The van der Waals surface area contributed by atoms with Gasteiger partial charge in [0.15, 0.2) is 0 Å². The van der Waals surface area contributed by atoms with Gasteiger partial charge >= 0.3 is 6.36 Å². The van der Waals surface area contributed by atoms with E-state index in [-0.39, 0.29) is 24.2 Å². The number of aliphatic hydroxyl groups excluding tert-OH is 1. The fourth-order valence-corrected chi connectivity index (χ4v) is 3.75. The number of ether oxygens (including phenoxy) is 1. The van der Waals surface area contributed by atoms with Gasteiger partial charge in [0.1, 0.15) is 12.1 Å². The second kappa shape index (κ2) is 9.21. The summed E-state index contributed by atoms with van der Waals surface area (Å²) in [6.07, 6.45) is -3.01. The number of H-pyrrole nitrogens is 1. The Hall–Kier alpha value is -4.20. The highest BCUT2D eigenvalue weighted by Crippen LogP contribution is 2.37. The van der Waals surface area contributed by atoms with E-state index in [4.69, 9.17) is 0 Å². The van der Waals surface area contributed by atoms with E-state index in [0.29, 0.717) is 28.2 Å². The van der Waals surface area contributed by atoms with Crippen LogP contribution >= 0.6 is 0 Å². The van der Waals surface area contributed by atoms with E-state index in [1.807, 2.05) is 0 Å². The number of nitrogens with one attached hydrogen (secondary N) is 3. The number of alkyl halides is 3. The molecule has 0 fully saturated rings. The van der Waals surface area contributed by atoms with E-state index in [9.17, 15) is 27.9 Å². The van der Waals surface area contributed by atoms with E-state index in [1.165, 1.54) is 23.2 Å². The number of anilines is 1. The Morgan fingerprint density at radius 3 is 2.80 bits per heavy atom. The second-order valence-electron chi connectivity index (χ2n) is 7.83. The molecule has 0 spiro atoms. The number of halogens is 3. The Bertz CT molecular complexity index is 1300. The Labute approximate surface area is 196 Å². The number of carbonyl (C=O) groups is 2. The standard InChI is InChI=1S/C21H20F3N7O4/c1-10-17(6-15-14-5-13(35-21(22,23)24)3-4-16(14)28-19(15)33)27-11(2)18(10)20(34)25-7-12(32)8-31-9-26-29-30-31/h3-6,9,12,27,32H,7-8H2,1-2H3,(H,25,34)(H,28,33). The number of carbonyl (C=O) groups excluding carboxylic acids is 2. The fourth-order valence-electron chi connectivity index (χ4n) is 3.75. The van der Waals surface area contributed by atoms with Crippen LogP contribution in [0.5, 0.6) is 5.75 Å². The number of hydrogen-bond acceptors (Lipinski definition) is 7. The lowest BCUT2D eigenvalue weighted by molar-refractivity contribution is -0.274. The molecule has 4 N–H and O–H groups in total. The summed E-state index contributed by atoms with van der Waals surface area (Å²) >= 11 is 0. The minimum absolute atomic E-state index is 0.0586. The van der Waals surface area contributed by atoms with Crippen LogP contribution in [0.3, 0.4) is 0 Å². The average Bonchev–Trinajstić information content (AvgIpc) is 3.45. The summed E-state index contributed by atoms with van der Waals surface area (Å²) in [7, 11) is 0. The van der Waals surface area contributed by atoms with Gasteiger partial charge in [0.05, 0.1) is 23.8 Å². The Balaban J connectivity index is 1.54. The van der Waals surface area contributed by atoms with Gasteiger partial charge in [-0.3, -0.25) is 9.59 Å².